The quantitative estimate of drug-likeness (QED) is 0.613. The molecule has 0 aliphatic carbocycles. The Hall–Kier alpha value is -1.43. The third-order valence-electron chi connectivity index (χ3n) is 4.52. The number of hydrogen-bond donors (Lipinski definition) is 1. The van der Waals surface area contributed by atoms with Crippen molar-refractivity contribution < 1.29 is 14.6 Å². The first kappa shape index (κ1) is 20.6. The average Bonchev–Trinajstić information content (AvgIpc) is 2.55. The molecule has 0 amide bonds. The van der Waals surface area contributed by atoms with Gasteiger partial charge in [-0.1, -0.05) is 30.3 Å². The summed E-state index contributed by atoms with van der Waals surface area (Å²) in [6.45, 7) is 10.8. The van der Waals surface area contributed by atoms with E-state index in [4.69, 9.17) is 14.6 Å². The monoisotopic (exact) mass is 336 g/mol. The van der Waals surface area contributed by atoms with Crippen molar-refractivity contribution in [1.29, 1.82) is 0 Å². The van der Waals surface area contributed by atoms with Gasteiger partial charge in [0.2, 0.25) is 0 Å². The lowest BCUT2D eigenvalue weighted by Crippen LogP contribution is -2.57. The summed E-state index contributed by atoms with van der Waals surface area (Å²) >= 11 is 0. The molecule has 5 nitrogen and oxygen atoms in total. The lowest BCUT2D eigenvalue weighted by atomic mass is 9.99. The Morgan fingerprint density at radius 3 is 2.50 bits per heavy atom. The Morgan fingerprint density at radius 2 is 1.88 bits per heavy atom. The summed E-state index contributed by atoms with van der Waals surface area (Å²) < 4.78 is 5.74. The minimum atomic E-state index is -0.250. The fourth-order valence-electron chi connectivity index (χ4n) is 2.84. The number of nitrogens with zero attached hydrogens (tertiary/aromatic N) is 2. The van der Waals surface area contributed by atoms with Crippen molar-refractivity contribution >= 4 is 6.47 Å². The van der Waals surface area contributed by atoms with Crippen LogP contribution >= 0.6 is 0 Å². The molecular formula is C19H32N2O3. The van der Waals surface area contributed by atoms with E-state index in [1.807, 2.05) is 6.07 Å². The van der Waals surface area contributed by atoms with Gasteiger partial charge in [-0.2, -0.15) is 0 Å². The fourth-order valence-corrected chi connectivity index (χ4v) is 2.84. The highest BCUT2D eigenvalue weighted by Gasteiger charge is 2.30. The molecule has 0 radical (unpaired) electrons. The van der Waals surface area contributed by atoms with Gasteiger partial charge in [0.15, 0.2) is 0 Å². The van der Waals surface area contributed by atoms with Crippen molar-refractivity contribution in [2.45, 2.75) is 38.8 Å². The van der Waals surface area contributed by atoms with Crippen LogP contribution in [-0.4, -0.2) is 66.8 Å². The maximum atomic E-state index is 8.36. The van der Waals surface area contributed by atoms with Crippen LogP contribution in [0.2, 0.25) is 0 Å². The normalized spacial score (nSPS) is 17.8. The van der Waals surface area contributed by atoms with Crippen molar-refractivity contribution in [3.8, 4) is 0 Å². The van der Waals surface area contributed by atoms with Crippen molar-refractivity contribution in [2.24, 2.45) is 0 Å². The zero-order valence-corrected chi connectivity index (χ0v) is 15.3. The van der Waals surface area contributed by atoms with E-state index in [0.29, 0.717) is 5.54 Å². The Labute approximate surface area is 146 Å². The number of rotatable bonds is 7. The van der Waals surface area contributed by atoms with Gasteiger partial charge in [0.05, 0.1) is 6.61 Å². The van der Waals surface area contributed by atoms with Crippen molar-refractivity contribution in [1.82, 2.24) is 9.80 Å². The maximum Gasteiger partial charge on any atom is 0.290 e. The number of likely N-dealkylation sites (N-methyl/N-ethyl adjacent to an activating group) is 1. The molecule has 24 heavy (non-hydrogen) atoms. The number of hydrogen-bond acceptors (Lipinski definition) is 4. The van der Waals surface area contributed by atoms with Gasteiger partial charge < -0.3 is 14.7 Å². The van der Waals surface area contributed by atoms with Crippen LogP contribution in [0, 0.1) is 0 Å². The molecule has 1 aliphatic rings. The van der Waals surface area contributed by atoms with Crippen LogP contribution in [0.25, 0.3) is 0 Å². The summed E-state index contributed by atoms with van der Waals surface area (Å²) in [5.74, 6) is 0. The number of carboxylic acid groups (broad SMARTS) is 1. The highest BCUT2D eigenvalue weighted by atomic mass is 16.5. The molecule has 0 saturated carbocycles. The summed E-state index contributed by atoms with van der Waals surface area (Å²) in [5, 5.41) is 6.89. The number of carbonyl (C=O) groups is 1. The second-order valence-electron chi connectivity index (χ2n) is 6.86. The van der Waals surface area contributed by atoms with Gasteiger partial charge in [-0.15, -0.1) is 0 Å². The minimum absolute atomic E-state index is 0.250. The standard InChI is InChI=1S/C18H30N2O.CH2O2/c1-18(2)16-20(13-12-19(18)3)11-7-8-14-21-15-17-9-5-4-6-10-17;2-1-3/h4-6,9-10H,7-8,11-16H2,1-3H3;1H,(H,2,3). The van der Waals surface area contributed by atoms with E-state index in [9.17, 15) is 0 Å². The van der Waals surface area contributed by atoms with Gasteiger partial charge in [-0.05, 0) is 45.8 Å². The predicted molar refractivity (Wildman–Crippen MR) is 97.2 cm³/mol. The first-order chi connectivity index (χ1) is 11.5. The topological polar surface area (TPSA) is 53.0 Å². The molecule has 1 heterocycles. The summed E-state index contributed by atoms with van der Waals surface area (Å²) in [6.07, 6.45) is 2.38. The number of benzene rings is 1. The Bertz CT molecular complexity index is 451. The Kier molecular flexibility index (Phi) is 9.60. The van der Waals surface area contributed by atoms with Gasteiger partial charge >= 0.3 is 0 Å². The predicted octanol–water partition coefficient (Wildman–Crippen LogP) is 2.71. The molecule has 5 heteroatoms. The minimum Gasteiger partial charge on any atom is -0.483 e. The maximum absolute atomic E-state index is 8.36. The number of piperazine rings is 1. The second kappa shape index (κ2) is 11.2. The van der Waals surface area contributed by atoms with E-state index in [1.165, 1.54) is 38.2 Å². The molecule has 1 aromatic rings. The van der Waals surface area contributed by atoms with Crippen LogP contribution in [0.5, 0.6) is 0 Å². The first-order valence-electron chi connectivity index (χ1n) is 8.62. The molecule has 1 fully saturated rings. The van der Waals surface area contributed by atoms with Crippen LogP contribution in [-0.2, 0) is 16.1 Å². The Balaban J connectivity index is 0.000000891. The van der Waals surface area contributed by atoms with Gasteiger partial charge in [0.25, 0.3) is 6.47 Å². The van der Waals surface area contributed by atoms with Gasteiger partial charge in [0, 0.05) is 31.8 Å². The molecule has 0 spiro atoms. The fraction of sp³-hybridized carbons (Fsp3) is 0.632. The molecule has 0 aromatic heterocycles. The summed E-state index contributed by atoms with van der Waals surface area (Å²) in [5.41, 5.74) is 1.57. The van der Waals surface area contributed by atoms with E-state index < -0.39 is 0 Å². The lowest BCUT2D eigenvalue weighted by molar-refractivity contribution is -0.122. The zero-order chi connectivity index (χ0) is 17.8. The van der Waals surface area contributed by atoms with Crippen molar-refractivity contribution in [2.75, 3.05) is 39.8 Å². The highest BCUT2D eigenvalue weighted by Crippen LogP contribution is 2.18. The molecule has 1 saturated heterocycles. The molecule has 1 aromatic carbocycles. The molecule has 136 valence electrons. The molecule has 1 aliphatic heterocycles. The zero-order valence-electron chi connectivity index (χ0n) is 15.3. The molecule has 0 bridgehead atoms. The smallest absolute Gasteiger partial charge is 0.290 e. The average molecular weight is 336 g/mol. The van der Waals surface area contributed by atoms with Crippen molar-refractivity contribution in [3.63, 3.8) is 0 Å². The summed E-state index contributed by atoms with van der Waals surface area (Å²) in [4.78, 5) is 13.4. The second-order valence-corrected chi connectivity index (χ2v) is 6.86. The van der Waals surface area contributed by atoms with Crippen LogP contribution in [0.4, 0.5) is 0 Å². The van der Waals surface area contributed by atoms with Crippen LogP contribution in [0.1, 0.15) is 32.3 Å². The summed E-state index contributed by atoms with van der Waals surface area (Å²) in [6, 6.07) is 10.4. The third-order valence-corrected chi connectivity index (χ3v) is 4.52. The Morgan fingerprint density at radius 1 is 1.21 bits per heavy atom. The third kappa shape index (κ3) is 7.90. The first-order valence-corrected chi connectivity index (χ1v) is 8.62. The molecule has 0 unspecified atom stereocenters. The molecule has 1 N–H and O–H groups in total. The van der Waals surface area contributed by atoms with E-state index in [-0.39, 0.29) is 6.47 Å². The van der Waals surface area contributed by atoms with Gasteiger partial charge in [-0.3, -0.25) is 9.69 Å². The van der Waals surface area contributed by atoms with E-state index >= 15 is 0 Å². The van der Waals surface area contributed by atoms with Crippen LogP contribution < -0.4 is 0 Å². The van der Waals surface area contributed by atoms with Gasteiger partial charge in [0.1, 0.15) is 0 Å². The van der Waals surface area contributed by atoms with Crippen molar-refractivity contribution in [3.05, 3.63) is 35.9 Å². The van der Waals surface area contributed by atoms with E-state index in [0.717, 1.165) is 19.6 Å². The van der Waals surface area contributed by atoms with Crippen LogP contribution in [0.15, 0.2) is 30.3 Å². The SMILES string of the molecule is CN1CCN(CCCCOCc2ccccc2)CC1(C)C.O=CO. The number of unbranched alkanes of at least 4 members (excludes halogenated alkanes) is 1. The number of ether oxygens (including phenoxy) is 1. The summed E-state index contributed by atoms with van der Waals surface area (Å²) in [7, 11) is 2.23. The lowest BCUT2D eigenvalue weighted by Gasteiger charge is -2.45. The molecule has 2 rings (SSSR count). The molecular weight excluding hydrogens is 304 g/mol. The van der Waals surface area contributed by atoms with Gasteiger partial charge in [-0.25, -0.2) is 0 Å². The molecule has 0 atom stereocenters. The van der Waals surface area contributed by atoms with E-state index in [2.05, 4.69) is 55.0 Å². The van der Waals surface area contributed by atoms with Crippen LogP contribution in [0.3, 0.4) is 0 Å². The highest BCUT2D eigenvalue weighted by molar-refractivity contribution is 5.32. The largest absolute Gasteiger partial charge is 0.483 e. The van der Waals surface area contributed by atoms with E-state index in [1.54, 1.807) is 0 Å².